The van der Waals surface area contributed by atoms with Crippen LogP contribution in [0.3, 0.4) is 0 Å². The van der Waals surface area contributed by atoms with Crippen molar-refractivity contribution in [3.05, 3.63) is 95.1 Å². The summed E-state index contributed by atoms with van der Waals surface area (Å²) < 4.78 is 22.8. The molecule has 1 amide bonds. The van der Waals surface area contributed by atoms with Crippen LogP contribution in [0, 0.1) is 11.8 Å². The average Bonchev–Trinajstić information content (AvgIpc) is 2.96. The maximum Gasteiger partial charge on any atom is 0.305 e. The van der Waals surface area contributed by atoms with Gasteiger partial charge >= 0.3 is 5.97 Å². The number of carboxylic acid groups (broad SMARTS) is 1. The van der Waals surface area contributed by atoms with Crippen molar-refractivity contribution in [3.8, 4) is 17.6 Å². The topological polar surface area (TPSA) is 134 Å². The van der Waals surface area contributed by atoms with E-state index in [9.17, 15) is 23.5 Å². The Bertz CT molecular complexity index is 1450. The molecule has 4 N–H and O–H groups in total. The van der Waals surface area contributed by atoms with Crippen molar-refractivity contribution in [1.29, 1.82) is 0 Å². The van der Waals surface area contributed by atoms with E-state index >= 15 is 0 Å². The Balaban J connectivity index is 1.36. The van der Waals surface area contributed by atoms with Gasteiger partial charge in [0, 0.05) is 55.6 Å². The molecule has 2 unspecified atom stereocenters. The van der Waals surface area contributed by atoms with Crippen LogP contribution in [0.15, 0.2) is 72.8 Å². The van der Waals surface area contributed by atoms with Gasteiger partial charge in [-0.3, -0.25) is 14.1 Å². The zero-order valence-corrected chi connectivity index (χ0v) is 23.4. The van der Waals surface area contributed by atoms with Gasteiger partial charge < -0.3 is 20.4 Å². The number of anilines is 1. The van der Waals surface area contributed by atoms with E-state index in [1.54, 1.807) is 24.1 Å². The highest BCUT2D eigenvalue weighted by molar-refractivity contribution is 7.76. The van der Waals surface area contributed by atoms with Gasteiger partial charge in [0.2, 0.25) is 11.3 Å². The number of carbonyl (C=O) groups is 2. The number of phenolic OH excluding ortho intramolecular Hbond substituents is 1. The lowest BCUT2D eigenvalue weighted by molar-refractivity contribution is -0.139. The minimum atomic E-state index is -2.31. The number of carboxylic acids is 1. The summed E-state index contributed by atoms with van der Waals surface area (Å²) in [5.41, 5.74) is 3.46. The minimum Gasteiger partial charge on any atom is -0.507 e. The number of carbonyl (C=O) groups excluding carboxylic acids is 1. The fourth-order valence-electron chi connectivity index (χ4n) is 4.58. The van der Waals surface area contributed by atoms with Crippen LogP contribution in [-0.2, 0) is 22.6 Å². The van der Waals surface area contributed by atoms with E-state index in [0.717, 1.165) is 16.8 Å². The number of phenols is 1. The van der Waals surface area contributed by atoms with Crippen molar-refractivity contribution in [1.82, 2.24) is 14.7 Å². The first-order valence-corrected chi connectivity index (χ1v) is 14.2. The molecule has 2 atom stereocenters. The maximum atomic E-state index is 12.6. The second-order valence-electron chi connectivity index (χ2n) is 9.62. The van der Waals surface area contributed by atoms with Crippen molar-refractivity contribution >= 4 is 28.8 Å². The van der Waals surface area contributed by atoms with Gasteiger partial charge in [0.1, 0.15) is 5.75 Å². The van der Waals surface area contributed by atoms with Crippen LogP contribution < -0.4 is 10.2 Å². The number of hydrazine groups is 1. The minimum absolute atomic E-state index is 0.116. The molecule has 1 saturated heterocycles. The lowest BCUT2D eigenvalue weighted by Crippen LogP contribution is -2.57. The first-order chi connectivity index (χ1) is 19.7. The zero-order chi connectivity index (χ0) is 29.4. The summed E-state index contributed by atoms with van der Waals surface area (Å²) in [6, 6.07) is 21.3. The van der Waals surface area contributed by atoms with Crippen LogP contribution in [0.1, 0.15) is 40.4 Å². The molecule has 1 aliphatic heterocycles. The fourth-order valence-corrected chi connectivity index (χ4v) is 5.33. The second-order valence-corrected chi connectivity index (χ2v) is 10.5. The Morgan fingerprint density at radius 2 is 1.61 bits per heavy atom. The molecule has 3 aromatic rings. The lowest BCUT2D eigenvalue weighted by Gasteiger charge is -2.41. The molecular weight excluding hydrogens is 544 g/mol. The van der Waals surface area contributed by atoms with Gasteiger partial charge in [-0.15, -0.1) is 4.41 Å². The van der Waals surface area contributed by atoms with E-state index in [1.807, 2.05) is 54.6 Å². The Kier molecular flexibility index (Phi) is 10.1. The average molecular weight is 577 g/mol. The van der Waals surface area contributed by atoms with Crippen molar-refractivity contribution in [2.45, 2.75) is 25.9 Å². The van der Waals surface area contributed by atoms with Crippen LogP contribution in [0.25, 0.3) is 0 Å². The van der Waals surface area contributed by atoms with E-state index in [1.165, 1.54) is 10.5 Å². The molecule has 0 aliphatic carbocycles. The van der Waals surface area contributed by atoms with E-state index in [4.69, 9.17) is 5.11 Å². The third-order valence-electron chi connectivity index (χ3n) is 6.66. The van der Waals surface area contributed by atoms with E-state index in [-0.39, 0.29) is 23.6 Å². The number of rotatable bonds is 9. The molecule has 214 valence electrons. The Hall–Kier alpha value is -4.21. The van der Waals surface area contributed by atoms with Crippen molar-refractivity contribution in [3.63, 3.8) is 0 Å². The van der Waals surface area contributed by atoms with E-state index < -0.39 is 23.3 Å². The SMILES string of the molecule is CC(CC(=O)O)N(N1CCN(c2ccc(C#Cc3ccc(O)c(C(=O)NCc4ccccc4)c3)cc2)CC1)S(=O)O. The number of benzene rings is 3. The van der Waals surface area contributed by atoms with Crippen molar-refractivity contribution in [2.75, 3.05) is 31.1 Å². The highest BCUT2D eigenvalue weighted by Crippen LogP contribution is 2.21. The number of hydrogen-bond acceptors (Lipinski definition) is 6. The molecule has 4 rings (SSSR count). The second kappa shape index (κ2) is 13.9. The number of aromatic hydroxyl groups is 1. The summed E-state index contributed by atoms with van der Waals surface area (Å²) >= 11 is -2.31. The first kappa shape index (κ1) is 29.8. The highest BCUT2D eigenvalue weighted by atomic mass is 32.2. The summed E-state index contributed by atoms with van der Waals surface area (Å²) in [6.07, 6.45) is -0.234. The molecule has 0 aromatic heterocycles. The van der Waals surface area contributed by atoms with Gasteiger partial charge in [0.15, 0.2) is 0 Å². The lowest BCUT2D eigenvalue weighted by atomic mass is 10.1. The van der Waals surface area contributed by atoms with Gasteiger partial charge in [-0.2, -0.15) is 0 Å². The van der Waals surface area contributed by atoms with Gasteiger partial charge in [0.05, 0.1) is 12.0 Å². The zero-order valence-electron chi connectivity index (χ0n) is 22.6. The molecule has 0 spiro atoms. The molecule has 11 heteroatoms. The van der Waals surface area contributed by atoms with Gasteiger partial charge in [-0.1, -0.05) is 42.2 Å². The Morgan fingerprint density at radius 1 is 0.976 bits per heavy atom. The molecule has 10 nitrogen and oxygen atoms in total. The Morgan fingerprint density at radius 3 is 2.24 bits per heavy atom. The molecule has 1 fully saturated rings. The number of nitrogens with zero attached hydrogens (tertiary/aromatic N) is 3. The number of amides is 1. The van der Waals surface area contributed by atoms with Crippen molar-refractivity contribution < 1.29 is 28.6 Å². The van der Waals surface area contributed by atoms with Crippen LogP contribution in [0.4, 0.5) is 5.69 Å². The molecule has 0 saturated carbocycles. The van der Waals surface area contributed by atoms with Crippen LogP contribution in [0.5, 0.6) is 5.75 Å². The van der Waals surface area contributed by atoms with Crippen LogP contribution in [0.2, 0.25) is 0 Å². The maximum absolute atomic E-state index is 12.6. The third kappa shape index (κ3) is 8.15. The van der Waals surface area contributed by atoms with Crippen LogP contribution in [-0.4, -0.2) is 72.5 Å². The Labute approximate surface area is 241 Å². The van der Waals surface area contributed by atoms with Crippen LogP contribution >= 0.6 is 0 Å². The fraction of sp³-hybridized carbons (Fsp3) is 0.267. The molecule has 0 bridgehead atoms. The predicted molar refractivity (Wildman–Crippen MR) is 156 cm³/mol. The number of hydrogen-bond donors (Lipinski definition) is 4. The largest absolute Gasteiger partial charge is 0.507 e. The number of aliphatic carboxylic acids is 1. The molecule has 0 radical (unpaired) electrons. The smallest absolute Gasteiger partial charge is 0.305 e. The molecular formula is C30H32N4O6S. The standard InChI is InChI=1S/C30H32N4O6S/c1-22(19-29(36)37)34(41(39)40)33-17-15-32(16-18-33)26-12-9-23(10-13-26)7-8-24-11-14-28(35)27(20-24)30(38)31-21-25-5-3-2-4-6-25/h2-6,9-14,20,22,35H,15-19,21H2,1H3,(H,31,38)(H,36,37)(H,39,40). The molecule has 3 aromatic carbocycles. The van der Waals surface area contributed by atoms with E-state index in [0.29, 0.717) is 38.3 Å². The third-order valence-corrected chi connectivity index (χ3v) is 7.57. The quantitative estimate of drug-likeness (QED) is 0.226. The molecule has 1 aliphatic rings. The molecule has 41 heavy (non-hydrogen) atoms. The molecule has 1 heterocycles. The summed E-state index contributed by atoms with van der Waals surface area (Å²) in [7, 11) is 0. The van der Waals surface area contributed by atoms with Crippen molar-refractivity contribution in [2.24, 2.45) is 0 Å². The summed E-state index contributed by atoms with van der Waals surface area (Å²) in [4.78, 5) is 25.9. The van der Waals surface area contributed by atoms with E-state index in [2.05, 4.69) is 22.1 Å². The first-order valence-electron chi connectivity index (χ1n) is 13.1. The number of piperazine rings is 1. The summed E-state index contributed by atoms with van der Waals surface area (Å²) in [5.74, 6) is 4.61. The van der Waals surface area contributed by atoms with Gasteiger partial charge in [0.25, 0.3) is 5.91 Å². The summed E-state index contributed by atoms with van der Waals surface area (Å²) in [5, 5.41) is 23.8. The number of nitrogens with one attached hydrogen (secondary N) is 1. The highest BCUT2D eigenvalue weighted by Gasteiger charge is 2.30. The summed E-state index contributed by atoms with van der Waals surface area (Å²) in [6.45, 7) is 4.11. The van der Waals surface area contributed by atoms with Gasteiger partial charge in [-0.25, -0.2) is 9.22 Å². The predicted octanol–water partition coefficient (Wildman–Crippen LogP) is 3.06. The monoisotopic (exact) mass is 576 g/mol. The van der Waals surface area contributed by atoms with Gasteiger partial charge in [-0.05, 0) is 55.0 Å². The normalized spacial score (nSPS) is 15.0.